The summed E-state index contributed by atoms with van der Waals surface area (Å²) < 4.78 is 78.3. The van der Waals surface area contributed by atoms with Crippen LogP contribution in [0.15, 0.2) is 47.6 Å². The molecule has 2 heterocycles. The highest BCUT2D eigenvalue weighted by Crippen LogP contribution is 2.33. The summed E-state index contributed by atoms with van der Waals surface area (Å²) in [5.41, 5.74) is 0.718. The topological polar surface area (TPSA) is 110 Å². The van der Waals surface area contributed by atoms with Crippen molar-refractivity contribution in [2.75, 3.05) is 17.9 Å². The minimum Gasteiger partial charge on any atom is -0.490 e. The molecule has 13 heteroatoms. The van der Waals surface area contributed by atoms with Gasteiger partial charge < -0.3 is 10.1 Å². The Hall–Kier alpha value is -3.19. The summed E-state index contributed by atoms with van der Waals surface area (Å²) in [7, 11) is -4.43. The molecule has 1 aliphatic rings. The molecule has 2 atom stereocenters. The number of carbonyl (C=O) groups excluding carboxylic acids is 1. The Morgan fingerprint density at radius 3 is 2.61 bits per heavy atom. The highest BCUT2D eigenvalue weighted by atomic mass is 32.2. The number of aromatic nitrogens is 2. The maximum atomic E-state index is 14.6. The van der Waals surface area contributed by atoms with Crippen LogP contribution >= 0.6 is 11.5 Å². The van der Waals surface area contributed by atoms with Crippen molar-refractivity contribution in [3.8, 4) is 5.75 Å². The number of sulfonamides is 1. The standard InChI is InChI=1S/C20H17F3N4O4S2/c21-13-3-1-11(2-4-13)14-5-19(28)24-8-12(14)9-31-17-6-16(23)18(7-15(17)22)33(29,30)27-20-25-10-26-32-20/h1-4,6-7,10,12,14H,5,8-9H2,(H,24,28)(H,25,26,27)/t12-,14-/m1/s1. The fourth-order valence-electron chi connectivity index (χ4n) is 3.51. The van der Waals surface area contributed by atoms with Gasteiger partial charge in [-0.05, 0) is 17.7 Å². The van der Waals surface area contributed by atoms with Gasteiger partial charge in [0, 0.05) is 48.5 Å². The quantitative estimate of drug-likeness (QED) is 0.518. The van der Waals surface area contributed by atoms with Crippen LogP contribution in [0.25, 0.3) is 0 Å². The average Bonchev–Trinajstić information content (AvgIpc) is 3.27. The van der Waals surface area contributed by atoms with Crippen molar-refractivity contribution in [3.05, 3.63) is 65.7 Å². The monoisotopic (exact) mass is 498 g/mol. The third-order valence-electron chi connectivity index (χ3n) is 5.15. The van der Waals surface area contributed by atoms with Crippen LogP contribution in [0.3, 0.4) is 0 Å². The van der Waals surface area contributed by atoms with Gasteiger partial charge in [0.25, 0.3) is 10.0 Å². The van der Waals surface area contributed by atoms with Crippen LogP contribution in [0, 0.1) is 23.4 Å². The van der Waals surface area contributed by atoms with Gasteiger partial charge in [0.1, 0.15) is 22.9 Å². The Bertz CT molecular complexity index is 1260. The lowest BCUT2D eigenvalue weighted by Crippen LogP contribution is -2.42. The largest absolute Gasteiger partial charge is 0.490 e. The van der Waals surface area contributed by atoms with Crippen molar-refractivity contribution in [1.82, 2.24) is 14.7 Å². The van der Waals surface area contributed by atoms with Gasteiger partial charge in [-0.15, -0.1) is 0 Å². The molecule has 1 aliphatic heterocycles. The first-order valence-corrected chi connectivity index (χ1v) is 11.9. The molecule has 8 nitrogen and oxygen atoms in total. The summed E-state index contributed by atoms with van der Waals surface area (Å²) in [5, 5.41) is 2.60. The van der Waals surface area contributed by atoms with E-state index >= 15 is 0 Å². The number of hydrogen-bond acceptors (Lipinski definition) is 7. The van der Waals surface area contributed by atoms with Gasteiger partial charge in [-0.3, -0.25) is 9.52 Å². The first kappa shape index (κ1) is 23.0. The van der Waals surface area contributed by atoms with Crippen LogP contribution in [-0.2, 0) is 14.8 Å². The molecule has 0 aliphatic carbocycles. The molecule has 1 fully saturated rings. The highest BCUT2D eigenvalue weighted by molar-refractivity contribution is 7.93. The first-order chi connectivity index (χ1) is 15.7. The van der Waals surface area contributed by atoms with Crippen LogP contribution in [-0.4, -0.2) is 36.8 Å². The fraction of sp³-hybridized carbons (Fsp3) is 0.250. The van der Waals surface area contributed by atoms with Crippen LogP contribution in [0.4, 0.5) is 18.3 Å². The van der Waals surface area contributed by atoms with Crippen molar-refractivity contribution >= 4 is 32.6 Å². The zero-order valence-electron chi connectivity index (χ0n) is 16.8. The smallest absolute Gasteiger partial charge is 0.266 e. The summed E-state index contributed by atoms with van der Waals surface area (Å²) in [6.07, 6.45) is 1.24. The van der Waals surface area contributed by atoms with Crippen molar-refractivity contribution in [2.45, 2.75) is 17.2 Å². The van der Waals surface area contributed by atoms with Gasteiger partial charge in [-0.25, -0.2) is 26.6 Å². The van der Waals surface area contributed by atoms with E-state index in [1.54, 1.807) is 12.1 Å². The first-order valence-electron chi connectivity index (χ1n) is 9.66. The Morgan fingerprint density at radius 2 is 1.91 bits per heavy atom. The molecular formula is C20H17F3N4O4S2. The molecule has 0 unspecified atom stereocenters. The average molecular weight is 499 g/mol. The number of nitrogens with zero attached hydrogens (tertiary/aromatic N) is 2. The third-order valence-corrected chi connectivity index (χ3v) is 7.21. The number of hydrogen-bond donors (Lipinski definition) is 2. The van der Waals surface area contributed by atoms with Gasteiger partial charge in [0.15, 0.2) is 11.6 Å². The van der Waals surface area contributed by atoms with Crippen molar-refractivity contribution in [1.29, 1.82) is 0 Å². The van der Waals surface area contributed by atoms with E-state index in [0.29, 0.717) is 12.1 Å². The molecule has 33 heavy (non-hydrogen) atoms. The van der Waals surface area contributed by atoms with Crippen molar-refractivity contribution in [3.63, 3.8) is 0 Å². The van der Waals surface area contributed by atoms with Gasteiger partial charge in [0.05, 0.1) is 6.61 Å². The lowest BCUT2D eigenvalue weighted by atomic mass is 9.81. The minimum absolute atomic E-state index is 0.0895. The van der Waals surface area contributed by atoms with Gasteiger partial charge in [-0.1, -0.05) is 12.1 Å². The summed E-state index contributed by atoms with van der Waals surface area (Å²) in [5.74, 6) is -3.99. The van der Waals surface area contributed by atoms with Crippen LogP contribution in [0.5, 0.6) is 5.75 Å². The Labute approximate surface area is 191 Å². The Kier molecular flexibility index (Phi) is 6.51. The number of anilines is 1. The highest BCUT2D eigenvalue weighted by Gasteiger charge is 2.31. The lowest BCUT2D eigenvalue weighted by molar-refractivity contribution is -0.123. The SMILES string of the molecule is O=C1C[C@H](c2ccc(F)cc2)[C@@H](COc2cc(F)c(S(=O)(=O)Nc3ncns3)cc2F)CN1. The van der Waals surface area contributed by atoms with Crippen molar-refractivity contribution in [2.24, 2.45) is 5.92 Å². The predicted octanol–water partition coefficient (Wildman–Crippen LogP) is 3.05. The van der Waals surface area contributed by atoms with E-state index in [2.05, 4.69) is 14.7 Å². The lowest BCUT2D eigenvalue weighted by Gasteiger charge is -2.32. The molecule has 0 spiro atoms. The minimum atomic E-state index is -4.43. The van der Waals surface area contributed by atoms with E-state index in [1.165, 1.54) is 12.1 Å². The van der Waals surface area contributed by atoms with Gasteiger partial charge >= 0.3 is 0 Å². The second-order valence-electron chi connectivity index (χ2n) is 7.30. The van der Waals surface area contributed by atoms with E-state index in [4.69, 9.17) is 4.74 Å². The Balaban J connectivity index is 1.51. The van der Waals surface area contributed by atoms with Crippen LogP contribution in [0.1, 0.15) is 17.9 Å². The number of amides is 1. The molecule has 0 saturated carbocycles. The zero-order chi connectivity index (χ0) is 23.6. The number of halogens is 3. The maximum Gasteiger partial charge on any atom is 0.266 e. The van der Waals surface area contributed by atoms with E-state index in [-0.39, 0.29) is 42.4 Å². The summed E-state index contributed by atoms with van der Waals surface area (Å²) in [6, 6.07) is 6.87. The molecule has 4 rings (SSSR count). The molecule has 0 bridgehead atoms. The maximum absolute atomic E-state index is 14.6. The number of carbonyl (C=O) groups is 1. The molecule has 1 saturated heterocycles. The zero-order valence-corrected chi connectivity index (χ0v) is 18.4. The fourth-order valence-corrected chi connectivity index (χ4v) is 5.25. The normalized spacial score (nSPS) is 18.6. The van der Waals surface area contributed by atoms with E-state index in [1.807, 2.05) is 4.72 Å². The number of nitrogens with one attached hydrogen (secondary N) is 2. The van der Waals surface area contributed by atoms with Gasteiger partial charge in [-0.2, -0.15) is 4.37 Å². The molecule has 2 N–H and O–H groups in total. The number of rotatable bonds is 7. The Morgan fingerprint density at radius 1 is 1.15 bits per heavy atom. The van der Waals surface area contributed by atoms with Crippen molar-refractivity contribution < 1.29 is 31.1 Å². The number of benzene rings is 2. The second kappa shape index (κ2) is 9.35. The number of piperidine rings is 1. The molecule has 1 aromatic heterocycles. The molecular weight excluding hydrogens is 481 g/mol. The molecule has 0 radical (unpaired) electrons. The molecule has 1 amide bonds. The van der Waals surface area contributed by atoms with Crippen LogP contribution < -0.4 is 14.8 Å². The third kappa shape index (κ3) is 5.25. The second-order valence-corrected chi connectivity index (χ2v) is 9.73. The summed E-state index contributed by atoms with van der Waals surface area (Å²) in [6.45, 7) is 0.136. The molecule has 3 aromatic rings. The molecule has 174 valence electrons. The van der Waals surface area contributed by atoms with E-state index in [9.17, 15) is 26.4 Å². The predicted molar refractivity (Wildman–Crippen MR) is 113 cm³/mol. The van der Waals surface area contributed by atoms with E-state index < -0.39 is 38.1 Å². The number of ether oxygens (including phenoxy) is 1. The van der Waals surface area contributed by atoms with Crippen LogP contribution in [0.2, 0.25) is 0 Å². The van der Waals surface area contributed by atoms with Gasteiger partial charge in [0.2, 0.25) is 11.0 Å². The summed E-state index contributed by atoms with van der Waals surface area (Å²) in [4.78, 5) is 14.6. The van der Waals surface area contributed by atoms with E-state index in [0.717, 1.165) is 23.4 Å². The summed E-state index contributed by atoms with van der Waals surface area (Å²) >= 11 is 0.738. The molecule has 2 aromatic carbocycles.